The molecule has 0 saturated carbocycles. The second kappa shape index (κ2) is 8.40. The van der Waals surface area contributed by atoms with Gasteiger partial charge in [-0.25, -0.2) is 4.79 Å². The molecule has 0 radical (unpaired) electrons. The predicted octanol–water partition coefficient (Wildman–Crippen LogP) is 1.49. The first kappa shape index (κ1) is 16.3. The molecule has 0 aromatic rings. The molecule has 0 aliphatic heterocycles. The molecule has 0 aliphatic rings. The van der Waals surface area contributed by atoms with Crippen LogP contribution in [0.5, 0.6) is 0 Å². The molecule has 0 rings (SSSR count). The van der Waals surface area contributed by atoms with Crippen LogP contribution < -0.4 is 0 Å². The lowest BCUT2D eigenvalue weighted by Gasteiger charge is -2.29. The van der Waals surface area contributed by atoms with E-state index in [1.807, 2.05) is 13.8 Å². The number of terminal acetylenes is 1. The molecule has 0 saturated heterocycles. The molecule has 0 fully saturated rings. The van der Waals surface area contributed by atoms with E-state index in [1.165, 1.54) is 4.90 Å². The zero-order valence-electron chi connectivity index (χ0n) is 11.3. The van der Waals surface area contributed by atoms with Gasteiger partial charge in [0.15, 0.2) is 0 Å². The Morgan fingerprint density at radius 3 is 2.33 bits per heavy atom. The first-order valence-corrected chi connectivity index (χ1v) is 6.17. The van der Waals surface area contributed by atoms with Crippen LogP contribution in [0.4, 0.5) is 4.79 Å². The van der Waals surface area contributed by atoms with Crippen molar-refractivity contribution in [2.45, 2.75) is 27.2 Å². The van der Waals surface area contributed by atoms with Crippen molar-refractivity contribution in [3.05, 3.63) is 0 Å². The van der Waals surface area contributed by atoms with E-state index in [1.54, 1.807) is 11.8 Å². The minimum Gasteiger partial charge on any atom is -0.481 e. The molecule has 1 N–H and O–H groups in total. The second-order valence-electron chi connectivity index (χ2n) is 4.19. The van der Waals surface area contributed by atoms with Gasteiger partial charge in [0.05, 0.1) is 12.5 Å². The molecule has 2 amide bonds. The van der Waals surface area contributed by atoms with Gasteiger partial charge in [0.2, 0.25) is 0 Å². The maximum Gasteiger partial charge on any atom is 0.320 e. The average molecular weight is 254 g/mol. The summed E-state index contributed by atoms with van der Waals surface area (Å²) in [6, 6.07) is -0.189. The van der Waals surface area contributed by atoms with E-state index < -0.39 is 11.9 Å². The minimum absolute atomic E-state index is 0.189. The quantitative estimate of drug-likeness (QED) is 0.700. The van der Waals surface area contributed by atoms with Gasteiger partial charge in [-0.2, -0.15) is 0 Å². The monoisotopic (exact) mass is 254 g/mol. The molecule has 0 aromatic heterocycles. The molecule has 102 valence electrons. The highest BCUT2D eigenvalue weighted by atomic mass is 16.4. The Hall–Kier alpha value is -1.70. The molecule has 0 aliphatic carbocycles. The van der Waals surface area contributed by atoms with Gasteiger partial charge in [-0.3, -0.25) is 4.79 Å². The first-order valence-electron chi connectivity index (χ1n) is 6.17. The van der Waals surface area contributed by atoms with Crippen molar-refractivity contribution >= 4 is 12.0 Å². The third-order valence-electron chi connectivity index (χ3n) is 2.61. The van der Waals surface area contributed by atoms with Crippen molar-refractivity contribution in [3.8, 4) is 12.3 Å². The van der Waals surface area contributed by atoms with E-state index in [2.05, 4.69) is 5.92 Å². The van der Waals surface area contributed by atoms with E-state index in [0.717, 1.165) is 6.42 Å². The summed E-state index contributed by atoms with van der Waals surface area (Å²) in [5, 5.41) is 8.87. The molecule has 0 spiro atoms. The summed E-state index contributed by atoms with van der Waals surface area (Å²) >= 11 is 0. The topological polar surface area (TPSA) is 60.9 Å². The fourth-order valence-electron chi connectivity index (χ4n) is 1.57. The fourth-order valence-corrected chi connectivity index (χ4v) is 1.57. The van der Waals surface area contributed by atoms with Crippen molar-refractivity contribution in [1.29, 1.82) is 0 Å². The smallest absolute Gasteiger partial charge is 0.320 e. The van der Waals surface area contributed by atoms with Crippen LogP contribution in [-0.2, 0) is 4.79 Å². The van der Waals surface area contributed by atoms with Gasteiger partial charge in [0.1, 0.15) is 0 Å². The summed E-state index contributed by atoms with van der Waals surface area (Å²) in [5.41, 5.74) is 0. The lowest BCUT2D eigenvalue weighted by molar-refractivity contribution is -0.141. The Bertz CT molecular complexity index is 323. The SMILES string of the molecule is C#CCN(CCC)C(=O)N(CC)CC(C)C(=O)O. The first-order chi connectivity index (χ1) is 8.47. The lowest BCUT2D eigenvalue weighted by atomic mass is 10.2. The van der Waals surface area contributed by atoms with Gasteiger partial charge >= 0.3 is 12.0 Å². The molecule has 0 heterocycles. The highest BCUT2D eigenvalue weighted by molar-refractivity contribution is 5.76. The van der Waals surface area contributed by atoms with Gasteiger partial charge in [-0.05, 0) is 13.3 Å². The Morgan fingerprint density at radius 1 is 1.33 bits per heavy atom. The van der Waals surface area contributed by atoms with Crippen LogP contribution in [0.15, 0.2) is 0 Å². The van der Waals surface area contributed by atoms with E-state index >= 15 is 0 Å². The zero-order valence-corrected chi connectivity index (χ0v) is 11.3. The number of hydrogen-bond acceptors (Lipinski definition) is 2. The zero-order chi connectivity index (χ0) is 14.1. The van der Waals surface area contributed by atoms with Crippen LogP contribution >= 0.6 is 0 Å². The molecule has 18 heavy (non-hydrogen) atoms. The van der Waals surface area contributed by atoms with Crippen molar-refractivity contribution < 1.29 is 14.7 Å². The summed E-state index contributed by atoms with van der Waals surface area (Å²) in [6.45, 7) is 6.89. The lowest BCUT2D eigenvalue weighted by Crippen LogP contribution is -2.46. The normalized spacial score (nSPS) is 11.4. The maximum atomic E-state index is 12.2. The van der Waals surface area contributed by atoms with E-state index in [4.69, 9.17) is 11.5 Å². The number of rotatable bonds is 7. The van der Waals surface area contributed by atoms with Crippen LogP contribution in [0.2, 0.25) is 0 Å². The van der Waals surface area contributed by atoms with Gasteiger partial charge < -0.3 is 14.9 Å². The molecule has 0 bridgehead atoms. The van der Waals surface area contributed by atoms with Crippen LogP contribution in [-0.4, -0.2) is 53.1 Å². The van der Waals surface area contributed by atoms with E-state index in [-0.39, 0.29) is 19.1 Å². The number of carbonyl (C=O) groups excluding carboxylic acids is 1. The van der Waals surface area contributed by atoms with Crippen molar-refractivity contribution in [1.82, 2.24) is 9.80 Å². The molecule has 0 aromatic carbocycles. The highest BCUT2D eigenvalue weighted by Gasteiger charge is 2.22. The van der Waals surface area contributed by atoms with Crippen LogP contribution in [0.3, 0.4) is 0 Å². The molecule has 1 unspecified atom stereocenters. The number of aliphatic carboxylic acids is 1. The number of nitrogens with zero attached hydrogens (tertiary/aromatic N) is 2. The summed E-state index contributed by atoms with van der Waals surface area (Å²) in [5.74, 6) is 0.968. The number of carboxylic acids is 1. The number of carboxylic acid groups (broad SMARTS) is 1. The van der Waals surface area contributed by atoms with Crippen LogP contribution in [0.25, 0.3) is 0 Å². The summed E-state index contributed by atoms with van der Waals surface area (Å²) in [6.07, 6.45) is 6.05. The molecular weight excluding hydrogens is 232 g/mol. The predicted molar refractivity (Wildman–Crippen MR) is 70.1 cm³/mol. The summed E-state index contributed by atoms with van der Waals surface area (Å²) < 4.78 is 0. The third kappa shape index (κ3) is 5.09. The Balaban J connectivity index is 4.66. The van der Waals surface area contributed by atoms with E-state index in [0.29, 0.717) is 13.1 Å². The minimum atomic E-state index is -0.903. The largest absolute Gasteiger partial charge is 0.481 e. The highest BCUT2D eigenvalue weighted by Crippen LogP contribution is 2.05. The van der Waals surface area contributed by atoms with Gasteiger partial charge in [-0.15, -0.1) is 6.42 Å². The third-order valence-corrected chi connectivity index (χ3v) is 2.61. The molecular formula is C13H22N2O3. The molecule has 5 nitrogen and oxygen atoms in total. The Morgan fingerprint density at radius 2 is 1.94 bits per heavy atom. The van der Waals surface area contributed by atoms with E-state index in [9.17, 15) is 9.59 Å². The van der Waals surface area contributed by atoms with Crippen LogP contribution in [0, 0.1) is 18.3 Å². The standard InChI is InChI=1S/C13H22N2O3/c1-5-8-15(9-6-2)13(18)14(7-3)10-11(4)12(16)17/h1,11H,6-10H2,2-4H3,(H,16,17). The molecule has 5 heteroatoms. The summed E-state index contributed by atoms with van der Waals surface area (Å²) in [7, 11) is 0. The average Bonchev–Trinajstić information content (AvgIpc) is 2.34. The Labute approximate surface area is 109 Å². The van der Waals surface area contributed by atoms with Gasteiger partial charge in [0, 0.05) is 19.6 Å². The van der Waals surface area contributed by atoms with Crippen molar-refractivity contribution in [2.24, 2.45) is 5.92 Å². The van der Waals surface area contributed by atoms with Gasteiger partial charge in [-0.1, -0.05) is 19.8 Å². The second-order valence-corrected chi connectivity index (χ2v) is 4.19. The number of amides is 2. The number of hydrogen-bond donors (Lipinski definition) is 1. The summed E-state index contributed by atoms with van der Waals surface area (Å²) in [4.78, 5) is 26.1. The fraction of sp³-hybridized carbons (Fsp3) is 0.692. The van der Waals surface area contributed by atoms with Crippen molar-refractivity contribution in [2.75, 3.05) is 26.2 Å². The van der Waals surface area contributed by atoms with Crippen LogP contribution in [0.1, 0.15) is 27.2 Å². The van der Waals surface area contributed by atoms with Gasteiger partial charge in [0.25, 0.3) is 0 Å². The number of urea groups is 1. The maximum absolute atomic E-state index is 12.2. The van der Waals surface area contributed by atoms with Crippen molar-refractivity contribution in [3.63, 3.8) is 0 Å². The Kier molecular flexibility index (Phi) is 7.61. The molecule has 1 atom stereocenters. The number of carbonyl (C=O) groups is 2.